The van der Waals surface area contributed by atoms with E-state index in [2.05, 4.69) is 20.6 Å². The monoisotopic (exact) mass is 304 g/mol. The predicted molar refractivity (Wildman–Crippen MR) is 85.7 cm³/mol. The number of pyridine rings is 1. The van der Waals surface area contributed by atoms with Crippen molar-refractivity contribution in [1.29, 1.82) is 0 Å². The lowest BCUT2D eigenvalue weighted by molar-refractivity contribution is 0.0912. The summed E-state index contributed by atoms with van der Waals surface area (Å²) in [5.74, 6) is -0.154. The van der Waals surface area contributed by atoms with Crippen molar-refractivity contribution < 1.29 is 4.79 Å². The summed E-state index contributed by atoms with van der Waals surface area (Å²) < 4.78 is 0. The van der Waals surface area contributed by atoms with Crippen molar-refractivity contribution >= 4 is 22.9 Å². The topological polar surface area (TPSA) is 66.9 Å². The van der Waals surface area contributed by atoms with E-state index in [1.165, 1.54) is 11.3 Å². The van der Waals surface area contributed by atoms with Crippen molar-refractivity contribution in [2.24, 2.45) is 0 Å². The van der Waals surface area contributed by atoms with Gasteiger partial charge < -0.3 is 10.6 Å². The van der Waals surface area contributed by atoms with E-state index in [1.807, 2.05) is 39.1 Å². The number of amides is 1. The van der Waals surface area contributed by atoms with Crippen LogP contribution < -0.4 is 10.6 Å². The number of carbonyl (C=O) groups excluding carboxylic acids is 1. The Morgan fingerprint density at radius 3 is 2.76 bits per heavy atom. The molecular weight excluding hydrogens is 284 g/mol. The van der Waals surface area contributed by atoms with E-state index in [9.17, 15) is 4.79 Å². The number of hydrogen-bond acceptors (Lipinski definition) is 5. The Balaban J connectivity index is 2.24. The highest BCUT2D eigenvalue weighted by atomic mass is 32.1. The van der Waals surface area contributed by atoms with Gasteiger partial charge in [-0.15, -0.1) is 11.3 Å². The van der Waals surface area contributed by atoms with Crippen molar-refractivity contribution in [2.75, 3.05) is 11.9 Å². The van der Waals surface area contributed by atoms with Gasteiger partial charge in [-0.3, -0.25) is 9.78 Å². The number of anilines is 1. The van der Waals surface area contributed by atoms with E-state index in [-0.39, 0.29) is 5.91 Å². The lowest BCUT2D eigenvalue weighted by Crippen LogP contribution is -2.41. The third-order valence-corrected chi connectivity index (χ3v) is 4.14. The summed E-state index contributed by atoms with van der Waals surface area (Å²) in [6, 6.07) is 1.88. The summed E-state index contributed by atoms with van der Waals surface area (Å²) >= 11 is 1.53. The SMILES string of the molecule is CCNc1cc(C)ncc1C(=O)NC(C)(C)c1nccs1. The molecule has 0 radical (unpaired) electrons. The molecular formula is C15H20N4OS. The molecule has 2 aromatic rings. The first-order chi connectivity index (χ1) is 9.94. The summed E-state index contributed by atoms with van der Waals surface area (Å²) in [7, 11) is 0. The molecule has 0 spiro atoms. The van der Waals surface area contributed by atoms with Crippen LogP contribution in [-0.2, 0) is 5.54 Å². The fraction of sp³-hybridized carbons (Fsp3) is 0.400. The van der Waals surface area contributed by atoms with Gasteiger partial charge in [0.1, 0.15) is 5.01 Å². The van der Waals surface area contributed by atoms with Gasteiger partial charge in [0.05, 0.1) is 16.8 Å². The van der Waals surface area contributed by atoms with Crippen LogP contribution >= 0.6 is 11.3 Å². The summed E-state index contributed by atoms with van der Waals surface area (Å²) in [5, 5.41) is 9.01. The van der Waals surface area contributed by atoms with Crippen LogP contribution in [0.3, 0.4) is 0 Å². The molecule has 2 heterocycles. The van der Waals surface area contributed by atoms with Crippen molar-refractivity contribution in [1.82, 2.24) is 15.3 Å². The maximum atomic E-state index is 12.5. The Morgan fingerprint density at radius 1 is 1.38 bits per heavy atom. The first kappa shape index (κ1) is 15.4. The summed E-state index contributed by atoms with van der Waals surface area (Å²) in [6.45, 7) is 8.54. The maximum absolute atomic E-state index is 12.5. The second-order valence-corrected chi connectivity index (χ2v) is 6.21. The molecule has 2 N–H and O–H groups in total. The smallest absolute Gasteiger partial charge is 0.255 e. The molecule has 0 aliphatic heterocycles. The summed E-state index contributed by atoms with van der Waals surface area (Å²) in [4.78, 5) is 21.1. The minimum atomic E-state index is -0.514. The zero-order valence-electron chi connectivity index (χ0n) is 12.7. The predicted octanol–water partition coefficient (Wildman–Crippen LogP) is 2.94. The highest BCUT2D eigenvalue weighted by molar-refractivity contribution is 7.09. The van der Waals surface area contributed by atoms with E-state index >= 15 is 0 Å². The molecule has 0 aliphatic rings. The third kappa shape index (κ3) is 3.58. The van der Waals surface area contributed by atoms with Gasteiger partial charge in [-0.25, -0.2) is 4.98 Å². The van der Waals surface area contributed by atoms with E-state index in [0.29, 0.717) is 5.56 Å². The Bertz CT molecular complexity index is 623. The molecule has 0 saturated heterocycles. The zero-order chi connectivity index (χ0) is 15.5. The minimum Gasteiger partial charge on any atom is -0.385 e. The normalized spacial score (nSPS) is 11.2. The molecule has 2 aromatic heterocycles. The fourth-order valence-corrected chi connectivity index (χ4v) is 2.73. The van der Waals surface area contributed by atoms with E-state index in [4.69, 9.17) is 0 Å². The number of nitrogens with one attached hydrogen (secondary N) is 2. The van der Waals surface area contributed by atoms with Gasteiger partial charge in [0, 0.05) is 30.0 Å². The van der Waals surface area contributed by atoms with Crippen LogP contribution in [-0.4, -0.2) is 22.4 Å². The highest BCUT2D eigenvalue weighted by Crippen LogP contribution is 2.24. The zero-order valence-corrected chi connectivity index (χ0v) is 13.5. The van der Waals surface area contributed by atoms with Crippen molar-refractivity contribution in [2.45, 2.75) is 33.2 Å². The Morgan fingerprint density at radius 2 is 2.14 bits per heavy atom. The fourth-order valence-electron chi connectivity index (χ4n) is 2.01. The van der Waals surface area contributed by atoms with Crippen LogP contribution in [0.25, 0.3) is 0 Å². The van der Waals surface area contributed by atoms with E-state index in [1.54, 1.807) is 12.4 Å². The number of aromatic nitrogens is 2. The molecule has 0 fully saturated rings. The number of rotatable bonds is 5. The van der Waals surface area contributed by atoms with Crippen LogP contribution in [0, 0.1) is 6.92 Å². The molecule has 5 nitrogen and oxygen atoms in total. The average Bonchev–Trinajstić information content (AvgIpc) is 2.93. The van der Waals surface area contributed by atoms with Crippen LogP contribution in [0.2, 0.25) is 0 Å². The summed E-state index contributed by atoms with van der Waals surface area (Å²) in [5.41, 5.74) is 1.71. The van der Waals surface area contributed by atoms with Gasteiger partial charge in [0.15, 0.2) is 0 Å². The molecule has 21 heavy (non-hydrogen) atoms. The van der Waals surface area contributed by atoms with Crippen molar-refractivity contribution in [3.05, 3.63) is 40.1 Å². The van der Waals surface area contributed by atoms with Gasteiger partial charge in [0.2, 0.25) is 0 Å². The molecule has 112 valence electrons. The van der Waals surface area contributed by atoms with E-state index in [0.717, 1.165) is 22.9 Å². The molecule has 0 unspecified atom stereocenters. The lowest BCUT2D eigenvalue weighted by atomic mass is 10.1. The third-order valence-electron chi connectivity index (χ3n) is 3.05. The molecule has 0 bridgehead atoms. The van der Waals surface area contributed by atoms with E-state index < -0.39 is 5.54 Å². The van der Waals surface area contributed by atoms with Crippen LogP contribution in [0.4, 0.5) is 5.69 Å². The van der Waals surface area contributed by atoms with Gasteiger partial charge in [-0.2, -0.15) is 0 Å². The Kier molecular flexibility index (Phi) is 4.57. The van der Waals surface area contributed by atoms with Gasteiger partial charge in [-0.1, -0.05) is 0 Å². The first-order valence-corrected chi connectivity index (χ1v) is 7.75. The second-order valence-electron chi connectivity index (χ2n) is 5.32. The molecule has 0 aliphatic carbocycles. The molecule has 0 atom stereocenters. The number of thiazole rings is 1. The molecule has 1 amide bonds. The second kappa shape index (κ2) is 6.22. The molecule has 0 aromatic carbocycles. The molecule has 6 heteroatoms. The number of carbonyl (C=O) groups is 1. The quantitative estimate of drug-likeness (QED) is 0.891. The molecule has 2 rings (SSSR count). The number of hydrogen-bond donors (Lipinski definition) is 2. The number of aryl methyl sites for hydroxylation is 1. The van der Waals surface area contributed by atoms with Gasteiger partial charge >= 0.3 is 0 Å². The average molecular weight is 304 g/mol. The molecule has 0 saturated carbocycles. The standard InChI is InChI=1S/C15H20N4OS/c1-5-16-12-8-10(2)18-9-11(12)13(20)19-15(3,4)14-17-6-7-21-14/h6-9H,5H2,1-4H3,(H,16,18)(H,19,20). The first-order valence-electron chi connectivity index (χ1n) is 6.87. The Hall–Kier alpha value is -1.95. The van der Waals surface area contributed by atoms with Crippen LogP contribution in [0.1, 0.15) is 41.8 Å². The maximum Gasteiger partial charge on any atom is 0.255 e. The summed E-state index contributed by atoms with van der Waals surface area (Å²) in [6.07, 6.45) is 3.35. The van der Waals surface area contributed by atoms with Gasteiger partial charge in [0.25, 0.3) is 5.91 Å². The number of nitrogens with zero attached hydrogens (tertiary/aromatic N) is 2. The highest BCUT2D eigenvalue weighted by Gasteiger charge is 2.27. The van der Waals surface area contributed by atoms with Crippen molar-refractivity contribution in [3.8, 4) is 0 Å². The largest absolute Gasteiger partial charge is 0.385 e. The van der Waals surface area contributed by atoms with Gasteiger partial charge in [-0.05, 0) is 33.8 Å². The minimum absolute atomic E-state index is 0.154. The lowest BCUT2D eigenvalue weighted by Gasteiger charge is -2.24. The van der Waals surface area contributed by atoms with Crippen LogP contribution in [0.5, 0.6) is 0 Å². The Labute approximate surface area is 128 Å². The van der Waals surface area contributed by atoms with Crippen molar-refractivity contribution in [3.63, 3.8) is 0 Å². The van der Waals surface area contributed by atoms with Crippen LogP contribution in [0.15, 0.2) is 23.8 Å².